The van der Waals surface area contributed by atoms with Crippen LogP contribution >= 0.6 is 0 Å². The predicted octanol–water partition coefficient (Wildman–Crippen LogP) is 1.44. The summed E-state index contributed by atoms with van der Waals surface area (Å²) < 4.78 is 0. The van der Waals surface area contributed by atoms with Crippen molar-refractivity contribution in [1.29, 1.82) is 0 Å². The third kappa shape index (κ3) is 2.41. The molecule has 0 fully saturated rings. The molecule has 2 aromatic rings. The Kier molecular flexibility index (Phi) is 3.94. The molecule has 0 aliphatic carbocycles. The number of aryl methyl sites for hydroxylation is 1. The fourth-order valence-corrected chi connectivity index (χ4v) is 1.45. The Morgan fingerprint density at radius 1 is 1.53 bits per heavy atom. The SMILES string of the molecule is Cc1cc(C(N)=O)c2c[c-]ccc2n1.[Y]. The number of nitrogens with zero attached hydrogens (tertiary/aromatic N) is 1. The van der Waals surface area contributed by atoms with Gasteiger partial charge in [0.15, 0.2) is 0 Å². The molecule has 0 atom stereocenters. The molecule has 73 valence electrons. The van der Waals surface area contributed by atoms with Crippen molar-refractivity contribution in [3.05, 3.63) is 41.6 Å². The van der Waals surface area contributed by atoms with Crippen LogP contribution in [0.5, 0.6) is 0 Å². The minimum absolute atomic E-state index is 0. The van der Waals surface area contributed by atoms with Crippen LogP contribution in [0.2, 0.25) is 0 Å². The quantitative estimate of drug-likeness (QED) is 0.800. The van der Waals surface area contributed by atoms with E-state index in [1.165, 1.54) is 0 Å². The zero-order chi connectivity index (χ0) is 10.1. The van der Waals surface area contributed by atoms with Gasteiger partial charge in [-0.2, -0.15) is 18.2 Å². The van der Waals surface area contributed by atoms with Crippen LogP contribution in [-0.4, -0.2) is 10.9 Å². The standard InChI is InChI=1S/C11H9N2O.Y/c1-7-6-9(11(12)14)8-4-2-3-5-10(8)13-7;/h3-6H,1H3,(H2,12,14);/q-1;. The van der Waals surface area contributed by atoms with Gasteiger partial charge < -0.3 is 5.73 Å². The maximum atomic E-state index is 11.1. The van der Waals surface area contributed by atoms with Gasteiger partial charge in [-0.15, -0.1) is 6.07 Å². The van der Waals surface area contributed by atoms with Crippen molar-refractivity contribution in [2.24, 2.45) is 5.73 Å². The average Bonchev–Trinajstić information content (AvgIpc) is 2.16. The van der Waals surface area contributed by atoms with Gasteiger partial charge in [-0.05, 0) is 24.1 Å². The summed E-state index contributed by atoms with van der Waals surface area (Å²) in [6.45, 7) is 1.84. The number of benzene rings is 1. The molecule has 0 spiro atoms. The van der Waals surface area contributed by atoms with E-state index in [4.69, 9.17) is 5.73 Å². The molecule has 2 rings (SSSR count). The molecule has 1 heterocycles. The first-order chi connectivity index (χ1) is 6.68. The van der Waals surface area contributed by atoms with Crippen LogP contribution in [-0.2, 0) is 32.7 Å². The molecule has 1 radical (unpaired) electrons. The van der Waals surface area contributed by atoms with Gasteiger partial charge >= 0.3 is 0 Å². The number of fused-ring (bicyclic) bond motifs is 1. The summed E-state index contributed by atoms with van der Waals surface area (Å²) in [5.41, 5.74) is 7.34. The number of hydrogen-bond acceptors (Lipinski definition) is 2. The Hall–Kier alpha value is -0.796. The molecular weight excluding hydrogens is 265 g/mol. The fourth-order valence-electron chi connectivity index (χ4n) is 1.45. The minimum atomic E-state index is -0.430. The number of hydrogen-bond donors (Lipinski definition) is 1. The number of carbonyl (C=O) groups excluding carboxylic acids is 1. The second-order valence-corrected chi connectivity index (χ2v) is 3.12. The molecule has 0 saturated carbocycles. The van der Waals surface area contributed by atoms with E-state index in [0.717, 1.165) is 16.6 Å². The van der Waals surface area contributed by atoms with E-state index in [1.54, 1.807) is 18.2 Å². The van der Waals surface area contributed by atoms with Gasteiger partial charge in [0, 0.05) is 38.4 Å². The molecular formula is C11H9N2OY-. The Morgan fingerprint density at radius 3 is 2.93 bits per heavy atom. The smallest absolute Gasteiger partial charge is 0.237 e. The van der Waals surface area contributed by atoms with Gasteiger partial charge in [-0.3, -0.25) is 9.78 Å². The molecule has 0 bridgehead atoms. The average molecular weight is 274 g/mol. The maximum absolute atomic E-state index is 11.1. The van der Waals surface area contributed by atoms with Crippen LogP contribution in [0.1, 0.15) is 16.1 Å². The molecule has 0 aliphatic rings. The van der Waals surface area contributed by atoms with E-state index in [9.17, 15) is 4.79 Å². The van der Waals surface area contributed by atoms with E-state index >= 15 is 0 Å². The second-order valence-electron chi connectivity index (χ2n) is 3.12. The van der Waals surface area contributed by atoms with Gasteiger partial charge in [0.25, 0.3) is 0 Å². The van der Waals surface area contributed by atoms with Crippen LogP contribution < -0.4 is 5.73 Å². The zero-order valence-electron chi connectivity index (χ0n) is 8.32. The molecule has 3 nitrogen and oxygen atoms in total. The number of carbonyl (C=O) groups is 1. The number of primary amides is 1. The first-order valence-electron chi connectivity index (χ1n) is 4.26. The van der Waals surface area contributed by atoms with Crippen molar-refractivity contribution >= 4 is 16.8 Å². The number of pyridine rings is 1. The van der Waals surface area contributed by atoms with E-state index in [-0.39, 0.29) is 32.7 Å². The van der Waals surface area contributed by atoms with Crippen LogP contribution in [0.4, 0.5) is 0 Å². The second kappa shape index (κ2) is 4.82. The first kappa shape index (κ1) is 12.3. The summed E-state index contributed by atoms with van der Waals surface area (Å²) in [5.74, 6) is -0.430. The van der Waals surface area contributed by atoms with Crippen molar-refractivity contribution in [3.63, 3.8) is 0 Å². The summed E-state index contributed by atoms with van der Waals surface area (Å²) in [6, 6.07) is 9.90. The molecule has 1 aromatic heterocycles. The molecule has 2 N–H and O–H groups in total. The van der Waals surface area contributed by atoms with Gasteiger partial charge in [0.2, 0.25) is 5.91 Å². The Labute approximate surface area is 113 Å². The van der Waals surface area contributed by atoms with Gasteiger partial charge in [-0.1, -0.05) is 5.39 Å². The van der Waals surface area contributed by atoms with Crippen molar-refractivity contribution in [2.45, 2.75) is 6.92 Å². The Balaban J connectivity index is 0.00000112. The topological polar surface area (TPSA) is 56.0 Å². The van der Waals surface area contributed by atoms with Crippen LogP contribution in [0.15, 0.2) is 24.3 Å². The maximum Gasteiger partial charge on any atom is 0.237 e. The van der Waals surface area contributed by atoms with E-state index in [2.05, 4.69) is 11.1 Å². The van der Waals surface area contributed by atoms with E-state index in [0.29, 0.717) is 5.56 Å². The van der Waals surface area contributed by atoms with Crippen molar-refractivity contribution < 1.29 is 37.5 Å². The molecule has 15 heavy (non-hydrogen) atoms. The van der Waals surface area contributed by atoms with Crippen molar-refractivity contribution in [1.82, 2.24) is 4.98 Å². The monoisotopic (exact) mass is 274 g/mol. The number of aromatic nitrogens is 1. The van der Waals surface area contributed by atoms with Crippen LogP contribution in [0.3, 0.4) is 0 Å². The summed E-state index contributed by atoms with van der Waals surface area (Å²) in [4.78, 5) is 15.4. The molecule has 0 aliphatic heterocycles. The first-order valence-corrected chi connectivity index (χ1v) is 4.26. The molecule has 0 saturated heterocycles. The predicted molar refractivity (Wildman–Crippen MR) is 53.8 cm³/mol. The Bertz CT molecular complexity index is 511. The van der Waals surface area contributed by atoms with Crippen LogP contribution in [0, 0.1) is 13.0 Å². The minimum Gasteiger partial charge on any atom is -0.366 e. The molecule has 1 amide bonds. The normalized spacial score (nSPS) is 9.67. The summed E-state index contributed by atoms with van der Waals surface area (Å²) in [6.07, 6.45) is 0. The zero-order valence-corrected chi connectivity index (χ0v) is 11.2. The summed E-state index contributed by atoms with van der Waals surface area (Å²) in [7, 11) is 0. The fraction of sp³-hybridized carbons (Fsp3) is 0.0909. The molecule has 4 heteroatoms. The number of nitrogens with two attached hydrogens (primary N) is 1. The summed E-state index contributed by atoms with van der Waals surface area (Å²) >= 11 is 0. The Morgan fingerprint density at radius 2 is 2.27 bits per heavy atom. The largest absolute Gasteiger partial charge is 0.366 e. The van der Waals surface area contributed by atoms with Gasteiger partial charge in [-0.25, -0.2) is 0 Å². The molecule has 0 unspecified atom stereocenters. The molecule has 1 aromatic carbocycles. The van der Waals surface area contributed by atoms with E-state index < -0.39 is 5.91 Å². The van der Waals surface area contributed by atoms with Gasteiger partial charge in [0.05, 0.1) is 0 Å². The van der Waals surface area contributed by atoms with Crippen LogP contribution in [0.25, 0.3) is 10.9 Å². The van der Waals surface area contributed by atoms with E-state index in [1.807, 2.05) is 13.0 Å². The summed E-state index contributed by atoms with van der Waals surface area (Å²) in [5, 5.41) is 0.755. The van der Waals surface area contributed by atoms with Crippen molar-refractivity contribution in [3.8, 4) is 0 Å². The van der Waals surface area contributed by atoms with Crippen molar-refractivity contribution in [2.75, 3.05) is 0 Å². The third-order valence-corrected chi connectivity index (χ3v) is 2.05. The number of amides is 1. The third-order valence-electron chi connectivity index (χ3n) is 2.05. The van der Waals surface area contributed by atoms with Gasteiger partial charge in [0.1, 0.15) is 0 Å². The number of rotatable bonds is 1.